The minimum absolute atomic E-state index is 0.230. The van der Waals surface area contributed by atoms with E-state index in [9.17, 15) is 22.0 Å². The summed E-state index contributed by atoms with van der Waals surface area (Å²) in [7, 11) is 0. The van der Waals surface area contributed by atoms with Crippen LogP contribution < -0.4 is 0 Å². The average molecular weight is 190 g/mol. The molecule has 0 aromatic heterocycles. The van der Waals surface area contributed by atoms with Crippen LogP contribution in [-0.4, -0.2) is 24.8 Å². The lowest BCUT2D eigenvalue weighted by Gasteiger charge is -2.18. The highest BCUT2D eigenvalue weighted by Crippen LogP contribution is 2.39. The van der Waals surface area contributed by atoms with Crippen molar-refractivity contribution in [1.29, 1.82) is 0 Å². The van der Waals surface area contributed by atoms with Crippen LogP contribution in [0.25, 0.3) is 0 Å². The molecule has 0 saturated carbocycles. The maximum Gasteiger partial charge on any atom is 0.453 e. The molecule has 1 aliphatic heterocycles. The summed E-state index contributed by atoms with van der Waals surface area (Å²) >= 11 is 0. The molecule has 0 radical (unpaired) electrons. The summed E-state index contributed by atoms with van der Waals surface area (Å²) < 4.78 is 63.3. The van der Waals surface area contributed by atoms with Gasteiger partial charge >= 0.3 is 12.1 Å². The molecule has 1 unspecified atom stereocenters. The van der Waals surface area contributed by atoms with Crippen molar-refractivity contribution in [3.63, 3.8) is 0 Å². The molecular weight excluding hydrogens is 183 g/mol. The summed E-state index contributed by atoms with van der Waals surface area (Å²) in [5.74, 6) is -4.57. The SMILES string of the molecule is FC(F)(F)C(F)(F)CCC1CO1. The Balaban J connectivity index is 2.35. The van der Waals surface area contributed by atoms with Crippen LogP contribution in [0.5, 0.6) is 0 Å². The van der Waals surface area contributed by atoms with Crippen molar-refractivity contribution in [2.24, 2.45) is 0 Å². The first-order valence-electron chi connectivity index (χ1n) is 3.39. The molecule has 1 aliphatic rings. The van der Waals surface area contributed by atoms with Gasteiger partial charge in [0.1, 0.15) is 0 Å². The van der Waals surface area contributed by atoms with Crippen molar-refractivity contribution in [1.82, 2.24) is 0 Å². The second kappa shape index (κ2) is 2.83. The summed E-state index contributed by atoms with van der Waals surface area (Å²) in [6, 6.07) is 0. The number of rotatable bonds is 3. The van der Waals surface area contributed by atoms with Gasteiger partial charge in [0.25, 0.3) is 0 Å². The van der Waals surface area contributed by atoms with E-state index in [0.717, 1.165) is 0 Å². The van der Waals surface area contributed by atoms with E-state index in [4.69, 9.17) is 0 Å². The number of hydrogen-bond donors (Lipinski definition) is 0. The maximum atomic E-state index is 12.1. The van der Waals surface area contributed by atoms with E-state index in [0.29, 0.717) is 6.61 Å². The van der Waals surface area contributed by atoms with E-state index >= 15 is 0 Å². The number of halogens is 5. The largest absolute Gasteiger partial charge is 0.453 e. The third-order valence-corrected chi connectivity index (χ3v) is 1.60. The van der Waals surface area contributed by atoms with Gasteiger partial charge in [-0.1, -0.05) is 0 Å². The summed E-state index contributed by atoms with van der Waals surface area (Å²) in [4.78, 5) is 0. The third kappa shape index (κ3) is 2.30. The first kappa shape index (κ1) is 9.70. The molecule has 1 saturated heterocycles. The van der Waals surface area contributed by atoms with Crippen LogP contribution in [0.2, 0.25) is 0 Å². The number of epoxide rings is 1. The minimum atomic E-state index is -5.43. The molecule has 1 fully saturated rings. The van der Waals surface area contributed by atoms with E-state index in [1.54, 1.807) is 0 Å². The molecule has 0 N–H and O–H groups in total. The Hall–Kier alpha value is -0.390. The van der Waals surface area contributed by atoms with E-state index in [1.807, 2.05) is 0 Å². The number of hydrogen-bond acceptors (Lipinski definition) is 1. The van der Waals surface area contributed by atoms with E-state index in [-0.39, 0.29) is 6.42 Å². The first-order valence-corrected chi connectivity index (χ1v) is 3.39. The molecule has 0 spiro atoms. The molecule has 72 valence electrons. The van der Waals surface area contributed by atoms with Crippen molar-refractivity contribution < 1.29 is 26.7 Å². The molecule has 1 nitrogen and oxygen atoms in total. The Labute approximate surface area is 65.5 Å². The highest BCUT2D eigenvalue weighted by molar-refractivity contribution is 4.79. The van der Waals surface area contributed by atoms with E-state index in [1.165, 1.54) is 0 Å². The van der Waals surface area contributed by atoms with E-state index < -0.39 is 24.6 Å². The van der Waals surface area contributed by atoms with Crippen LogP contribution in [0.4, 0.5) is 22.0 Å². The van der Waals surface area contributed by atoms with Crippen molar-refractivity contribution in [3.8, 4) is 0 Å². The molecule has 6 heteroatoms. The van der Waals surface area contributed by atoms with Gasteiger partial charge in [0.15, 0.2) is 0 Å². The zero-order valence-electron chi connectivity index (χ0n) is 6.00. The normalized spacial score (nSPS) is 24.2. The van der Waals surface area contributed by atoms with Crippen LogP contribution in [0.15, 0.2) is 0 Å². The summed E-state index contributed by atoms with van der Waals surface area (Å²) in [5.41, 5.74) is 0. The van der Waals surface area contributed by atoms with Gasteiger partial charge in [-0.15, -0.1) is 0 Å². The van der Waals surface area contributed by atoms with Gasteiger partial charge in [-0.3, -0.25) is 0 Å². The van der Waals surface area contributed by atoms with Crippen LogP contribution in [0.1, 0.15) is 12.8 Å². The van der Waals surface area contributed by atoms with Crippen molar-refractivity contribution >= 4 is 0 Å². The van der Waals surface area contributed by atoms with Crippen LogP contribution in [0.3, 0.4) is 0 Å². The Bertz CT molecular complexity index is 160. The zero-order chi connectivity index (χ0) is 9.41. The Morgan fingerprint density at radius 1 is 1.17 bits per heavy atom. The fraction of sp³-hybridized carbons (Fsp3) is 1.00. The van der Waals surface area contributed by atoms with Gasteiger partial charge in [-0.25, -0.2) is 0 Å². The smallest absolute Gasteiger partial charge is 0.373 e. The molecular formula is C6H7F5O. The van der Waals surface area contributed by atoms with Crippen molar-refractivity contribution in [2.75, 3.05) is 6.61 Å². The van der Waals surface area contributed by atoms with Gasteiger partial charge < -0.3 is 4.74 Å². The van der Waals surface area contributed by atoms with Gasteiger partial charge in [0.2, 0.25) is 0 Å². The lowest BCUT2D eigenvalue weighted by molar-refractivity contribution is -0.284. The second-order valence-electron chi connectivity index (χ2n) is 2.70. The molecule has 1 rings (SSSR count). The Kier molecular flexibility index (Phi) is 2.29. The summed E-state index contributed by atoms with van der Waals surface area (Å²) in [5, 5.41) is 0. The standard InChI is InChI=1S/C6H7F5O/c7-5(8,6(9,10)11)2-1-4-3-12-4/h4H,1-3H2. The summed E-state index contributed by atoms with van der Waals surface area (Å²) in [6.45, 7) is 0.300. The Morgan fingerprint density at radius 3 is 2.00 bits per heavy atom. The maximum absolute atomic E-state index is 12.1. The van der Waals surface area contributed by atoms with Crippen LogP contribution in [-0.2, 0) is 4.74 Å². The Morgan fingerprint density at radius 2 is 1.67 bits per heavy atom. The quantitative estimate of drug-likeness (QED) is 0.491. The predicted octanol–water partition coefficient (Wildman–Crippen LogP) is 2.36. The highest BCUT2D eigenvalue weighted by atomic mass is 19.4. The zero-order valence-corrected chi connectivity index (χ0v) is 6.00. The van der Waals surface area contributed by atoms with Gasteiger partial charge in [-0.2, -0.15) is 22.0 Å². The van der Waals surface area contributed by atoms with Crippen LogP contribution in [0, 0.1) is 0 Å². The molecule has 0 aromatic carbocycles. The lowest BCUT2D eigenvalue weighted by atomic mass is 10.1. The fourth-order valence-corrected chi connectivity index (χ4v) is 0.719. The van der Waals surface area contributed by atoms with Gasteiger partial charge in [0, 0.05) is 6.42 Å². The first-order chi connectivity index (χ1) is 5.33. The molecule has 0 amide bonds. The molecule has 0 bridgehead atoms. The molecule has 0 aromatic rings. The van der Waals surface area contributed by atoms with E-state index in [2.05, 4.69) is 4.74 Å². The van der Waals surface area contributed by atoms with Crippen LogP contribution >= 0.6 is 0 Å². The summed E-state index contributed by atoms with van der Waals surface area (Å²) in [6.07, 6.45) is -7.23. The van der Waals surface area contributed by atoms with Gasteiger partial charge in [0.05, 0.1) is 12.7 Å². The molecule has 12 heavy (non-hydrogen) atoms. The van der Waals surface area contributed by atoms with Crippen molar-refractivity contribution in [2.45, 2.75) is 31.0 Å². The highest BCUT2D eigenvalue weighted by Gasteiger charge is 2.57. The van der Waals surface area contributed by atoms with Crippen molar-refractivity contribution in [3.05, 3.63) is 0 Å². The third-order valence-electron chi connectivity index (χ3n) is 1.60. The number of ether oxygens (including phenoxy) is 1. The predicted molar refractivity (Wildman–Crippen MR) is 30.0 cm³/mol. The average Bonchev–Trinajstić information content (AvgIpc) is 2.62. The topological polar surface area (TPSA) is 12.5 Å². The second-order valence-corrected chi connectivity index (χ2v) is 2.70. The fourth-order valence-electron chi connectivity index (χ4n) is 0.719. The molecule has 1 heterocycles. The minimum Gasteiger partial charge on any atom is -0.373 e. The number of alkyl halides is 5. The lowest BCUT2D eigenvalue weighted by Crippen LogP contribution is -2.36. The van der Waals surface area contributed by atoms with Gasteiger partial charge in [-0.05, 0) is 6.42 Å². The molecule has 1 atom stereocenters. The molecule has 0 aliphatic carbocycles. The monoisotopic (exact) mass is 190 g/mol.